The predicted molar refractivity (Wildman–Crippen MR) is 46.7 cm³/mol. The van der Waals surface area contributed by atoms with E-state index in [0.717, 1.165) is 3.57 Å². The van der Waals surface area contributed by atoms with Crippen LogP contribution in [-0.4, -0.2) is 4.98 Å². The Bertz CT molecular complexity index is 398. The van der Waals surface area contributed by atoms with Gasteiger partial charge in [0.1, 0.15) is 5.52 Å². The lowest BCUT2D eigenvalue weighted by Gasteiger charge is -1.85. The highest BCUT2D eigenvalue weighted by Crippen LogP contribution is 2.16. The van der Waals surface area contributed by atoms with E-state index in [1.807, 2.05) is 6.07 Å². The fraction of sp³-hybridized carbons (Fsp3) is 0. The molecule has 1 aromatic carbocycles. The van der Waals surface area contributed by atoms with Gasteiger partial charge in [-0.1, -0.05) is 0 Å². The summed E-state index contributed by atoms with van der Waals surface area (Å²) in [4.78, 5) is 3.54. The zero-order valence-electron chi connectivity index (χ0n) is 5.34. The van der Waals surface area contributed by atoms with E-state index in [2.05, 4.69) is 32.0 Å². The lowest BCUT2D eigenvalue weighted by molar-refractivity contribution is 0.355. The van der Waals surface area contributed by atoms with Crippen LogP contribution in [0.15, 0.2) is 22.6 Å². The Morgan fingerprint density at radius 2 is 2.27 bits per heavy atom. The van der Waals surface area contributed by atoms with Crippen molar-refractivity contribution in [3.05, 3.63) is 27.9 Å². The average molecular weight is 263 g/mol. The number of rotatable bonds is 0. The number of oxazole rings is 1. The first-order valence-electron chi connectivity index (χ1n) is 2.97. The summed E-state index contributed by atoms with van der Waals surface area (Å²) in [6.45, 7) is 0. The molecule has 0 amide bonds. The zero-order chi connectivity index (χ0) is 7.84. The first kappa shape index (κ1) is 7.02. The van der Waals surface area contributed by atoms with E-state index in [0.29, 0.717) is 11.1 Å². The number of benzene rings is 1. The summed E-state index contributed by atoms with van der Waals surface area (Å²) in [6.07, 6.45) is -0.776. The van der Waals surface area contributed by atoms with Crippen LogP contribution >= 0.6 is 22.6 Å². The second-order valence-electron chi connectivity index (χ2n) is 2.08. The highest BCUT2D eigenvalue weighted by Gasteiger charge is 2.03. The van der Waals surface area contributed by atoms with Crippen LogP contribution < -0.4 is 0 Å². The smallest absolute Gasteiger partial charge is 0.382 e. The number of aromatic nitrogens is 1. The standard InChI is InChI=1S/C7H3FINO/c8-7-10-5-3-4(9)1-2-6(5)11-7/h1-3H. The third-order valence-corrected chi connectivity index (χ3v) is 1.99. The minimum Gasteiger partial charge on any atom is -0.415 e. The molecule has 0 bridgehead atoms. The van der Waals surface area contributed by atoms with Crippen LogP contribution in [0.25, 0.3) is 11.1 Å². The van der Waals surface area contributed by atoms with Gasteiger partial charge < -0.3 is 4.42 Å². The number of fused-ring (bicyclic) bond motifs is 1. The van der Waals surface area contributed by atoms with E-state index >= 15 is 0 Å². The molecule has 0 saturated heterocycles. The van der Waals surface area contributed by atoms with Gasteiger partial charge in [-0.15, -0.1) is 4.39 Å². The Hall–Kier alpha value is -0.650. The van der Waals surface area contributed by atoms with Crippen LogP contribution in [0, 0.1) is 9.71 Å². The molecule has 1 heterocycles. The zero-order valence-corrected chi connectivity index (χ0v) is 7.50. The van der Waals surface area contributed by atoms with Gasteiger partial charge in [0.05, 0.1) is 0 Å². The lowest BCUT2D eigenvalue weighted by atomic mass is 10.3. The van der Waals surface area contributed by atoms with Crippen molar-refractivity contribution >= 4 is 33.7 Å². The lowest BCUT2D eigenvalue weighted by Crippen LogP contribution is -1.70. The quantitative estimate of drug-likeness (QED) is 0.683. The number of nitrogens with zero attached hydrogens (tertiary/aromatic N) is 1. The van der Waals surface area contributed by atoms with E-state index in [1.54, 1.807) is 12.1 Å². The van der Waals surface area contributed by atoms with Crippen molar-refractivity contribution in [3.63, 3.8) is 0 Å². The second-order valence-corrected chi connectivity index (χ2v) is 3.32. The van der Waals surface area contributed by atoms with Crippen LogP contribution in [0.2, 0.25) is 0 Å². The van der Waals surface area contributed by atoms with Crippen molar-refractivity contribution in [2.45, 2.75) is 0 Å². The maximum atomic E-state index is 12.4. The molecule has 0 unspecified atom stereocenters. The molecule has 2 nitrogen and oxygen atoms in total. The minimum absolute atomic E-state index is 0.489. The molecule has 56 valence electrons. The van der Waals surface area contributed by atoms with Crippen molar-refractivity contribution in [3.8, 4) is 0 Å². The van der Waals surface area contributed by atoms with E-state index in [1.165, 1.54) is 0 Å². The van der Waals surface area contributed by atoms with Crippen molar-refractivity contribution < 1.29 is 8.81 Å². The van der Waals surface area contributed by atoms with Crippen molar-refractivity contribution in [2.24, 2.45) is 0 Å². The van der Waals surface area contributed by atoms with Gasteiger partial charge in [-0.3, -0.25) is 0 Å². The largest absolute Gasteiger partial charge is 0.415 e. The normalized spacial score (nSPS) is 10.7. The van der Waals surface area contributed by atoms with Crippen LogP contribution in [0.5, 0.6) is 0 Å². The van der Waals surface area contributed by atoms with Gasteiger partial charge in [-0.25, -0.2) is 0 Å². The third-order valence-electron chi connectivity index (χ3n) is 1.32. The monoisotopic (exact) mass is 263 g/mol. The number of hydrogen-bond donors (Lipinski definition) is 0. The molecule has 0 atom stereocenters. The predicted octanol–water partition coefficient (Wildman–Crippen LogP) is 2.57. The summed E-state index contributed by atoms with van der Waals surface area (Å²) in [5.74, 6) is 0. The van der Waals surface area contributed by atoms with Crippen LogP contribution in [0.3, 0.4) is 0 Å². The fourth-order valence-corrected chi connectivity index (χ4v) is 1.35. The van der Waals surface area contributed by atoms with E-state index in [-0.39, 0.29) is 0 Å². The maximum absolute atomic E-state index is 12.4. The van der Waals surface area contributed by atoms with Gasteiger partial charge in [-0.05, 0) is 40.8 Å². The van der Waals surface area contributed by atoms with Crippen LogP contribution in [-0.2, 0) is 0 Å². The molecule has 0 aliphatic rings. The van der Waals surface area contributed by atoms with Crippen LogP contribution in [0.1, 0.15) is 0 Å². The Morgan fingerprint density at radius 3 is 3.09 bits per heavy atom. The average Bonchev–Trinajstić information content (AvgIpc) is 2.27. The Morgan fingerprint density at radius 1 is 1.45 bits per heavy atom. The third kappa shape index (κ3) is 1.22. The van der Waals surface area contributed by atoms with Crippen LogP contribution in [0.4, 0.5) is 4.39 Å². The first-order valence-corrected chi connectivity index (χ1v) is 4.05. The van der Waals surface area contributed by atoms with Gasteiger partial charge in [-0.2, -0.15) is 4.98 Å². The molecule has 1 aromatic heterocycles. The summed E-state index contributed by atoms with van der Waals surface area (Å²) >= 11 is 2.13. The van der Waals surface area contributed by atoms with Crippen molar-refractivity contribution in [1.82, 2.24) is 4.98 Å². The summed E-state index contributed by atoms with van der Waals surface area (Å²) in [7, 11) is 0. The molecule has 0 N–H and O–H groups in total. The van der Waals surface area contributed by atoms with Gasteiger partial charge in [0, 0.05) is 3.57 Å². The summed E-state index contributed by atoms with van der Waals surface area (Å²) in [5.41, 5.74) is 1.05. The Labute approximate surface area is 75.6 Å². The maximum Gasteiger partial charge on any atom is 0.382 e. The molecular weight excluding hydrogens is 260 g/mol. The van der Waals surface area contributed by atoms with Gasteiger partial charge >= 0.3 is 6.14 Å². The highest BCUT2D eigenvalue weighted by atomic mass is 127. The summed E-state index contributed by atoms with van der Waals surface area (Å²) in [6, 6.07) is 5.31. The molecule has 4 heteroatoms. The topological polar surface area (TPSA) is 26.0 Å². The van der Waals surface area contributed by atoms with E-state index in [4.69, 9.17) is 0 Å². The summed E-state index contributed by atoms with van der Waals surface area (Å²) in [5, 5.41) is 0. The highest BCUT2D eigenvalue weighted by molar-refractivity contribution is 14.1. The molecule has 0 aliphatic carbocycles. The van der Waals surface area contributed by atoms with Gasteiger partial charge in [0.15, 0.2) is 5.58 Å². The molecule has 0 aliphatic heterocycles. The Kier molecular flexibility index (Phi) is 1.56. The number of halogens is 2. The Balaban J connectivity index is 2.82. The molecule has 0 fully saturated rings. The molecule has 2 rings (SSSR count). The number of hydrogen-bond acceptors (Lipinski definition) is 2. The molecule has 0 radical (unpaired) electrons. The van der Waals surface area contributed by atoms with Crippen molar-refractivity contribution in [1.29, 1.82) is 0 Å². The van der Waals surface area contributed by atoms with Crippen molar-refractivity contribution in [2.75, 3.05) is 0 Å². The van der Waals surface area contributed by atoms with E-state index < -0.39 is 6.14 Å². The minimum atomic E-state index is -0.776. The molecule has 0 saturated carbocycles. The molecule has 0 spiro atoms. The van der Waals surface area contributed by atoms with E-state index in [9.17, 15) is 4.39 Å². The van der Waals surface area contributed by atoms with Gasteiger partial charge in [0.2, 0.25) is 0 Å². The second kappa shape index (κ2) is 2.44. The first-order chi connectivity index (χ1) is 5.25. The SMILES string of the molecule is Fc1nc2cc(I)ccc2o1. The molecule has 2 aromatic rings. The summed E-state index contributed by atoms with van der Waals surface area (Å²) < 4.78 is 18.0. The fourth-order valence-electron chi connectivity index (χ4n) is 0.872. The molecular formula is C7H3FINO. The van der Waals surface area contributed by atoms with Gasteiger partial charge in [0.25, 0.3) is 0 Å². The molecule has 11 heavy (non-hydrogen) atoms.